The Balaban J connectivity index is 1.57. The summed E-state index contributed by atoms with van der Waals surface area (Å²) in [4.78, 5) is 61.9. The van der Waals surface area contributed by atoms with Crippen molar-refractivity contribution in [2.75, 3.05) is 36.5 Å². The molecule has 0 spiro atoms. The average molecular weight is 605 g/mol. The second kappa shape index (κ2) is 11.6. The lowest BCUT2D eigenvalue weighted by atomic mass is 10.1. The first-order valence-corrected chi connectivity index (χ1v) is 14.4. The van der Waals surface area contributed by atoms with Gasteiger partial charge < -0.3 is 19.9 Å². The van der Waals surface area contributed by atoms with E-state index in [2.05, 4.69) is 27.0 Å². The number of fused-ring (bicyclic) bond motifs is 2. The third-order valence-corrected chi connectivity index (χ3v) is 7.70. The molecular formula is C30H36N8O6. The highest BCUT2D eigenvalue weighted by Gasteiger charge is 2.43. The van der Waals surface area contributed by atoms with E-state index in [1.165, 1.54) is 16.7 Å². The molecule has 1 fully saturated rings. The van der Waals surface area contributed by atoms with Crippen LogP contribution in [-0.2, 0) is 11.8 Å². The van der Waals surface area contributed by atoms with E-state index >= 15 is 0 Å². The van der Waals surface area contributed by atoms with Crippen molar-refractivity contribution in [3.63, 3.8) is 0 Å². The lowest BCUT2D eigenvalue weighted by Gasteiger charge is -2.42. The van der Waals surface area contributed by atoms with Crippen LogP contribution in [0.1, 0.15) is 40.5 Å². The molecule has 232 valence electrons. The predicted molar refractivity (Wildman–Crippen MR) is 166 cm³/mol. The average Bonchev–Trinajstić information content (AvgIpc) is 3.25. The van der Waals surface area contributed by atoms with Crippen molar-refractivity contribution in [2.45, 2.75) is 58.5 Å². The van der Waals surface area contributed by atoms with Gasteiger partial charge in [-0.25, -0.2) is 19.1 Å². The number of carbonyl (C=O) groups is 1. The molecule has 1 saturated heterocycles. The highest BCUT2D eigenvalue weighted by molar-refractivity contribution is 5.87. The molecule has 2 aromatic heterocycles. The van der Waals surface area contributed by atoms with E-state index in [4.69, 9.17) is 4.74 Å². The number of hydrogen-bond donors (Lipinski definition) is 1. The van der Waals surface area contributed by atoms with Crippen LogP contribution in [0.2, 0.25) is 0 Å². The monoisotopic (exact) mass is 604 g/mol. The summed E-state index contributed by atoms with van der Waals surface area (Å²) in [5.74, 6) is 6.34. The Labute approximate surface area is 254 Å². The van der Waals surface area contributed by atoms with Gasteiger partial charge in [0.25, 0.3) is 11.2 Å². The number of hydrogen-bond acceptors (Lipinski definition) is 10. The van der Waals surface area contributed by atoms with Crippen molar-refractivity contribution < 1.29 is 14.5 Å². The van der Waals surface area contributed by atoms with Gasteiger partial charge in [0, 0.05) is 44.7 Å². The van der Waals surface area contributed by atoms with Gasteiger partial charge in [-0.3, -0.25) is 24.4 Å². The quantitative estimate of drug-likeness (QED) is 0.262. The maximum absolute atomic E-state index is 14.2. The van der Waals surface area contributed by atoms with Crippen LogP contribution in [0.15, 0.2) is 39.9 Å². The van der Waals surface area contributed by atoms with Crippen molar-refractivity contribution in [3.05, 3.63) is 61.3 Å². The van der Waals surface area contributed by atoms with E-state index < -0.39 is 34.2 Å². The number of nitrogens with zero attached hydrogens (tertiary/aromatic N) is 7. The molecule has 0 radical (unpaired) electrons. The zero-order chi connectivity index (χ0) is 31.9. The maximum atomic E-state index is 14.2. The molecule has 1 aromatic carbocycles. The van der Waals surface area contributed by atoms with Gasteiger partial charge in [0.2, 0.25) is 0 Å². The predicted octanol–water partition coefficient (Wildman–Crippen LogP) is 2.54. The number of para-hydroxylation sites is 1. The summed E-state index contributed by atoms with van der Waals surface area (Å²) in [6.07, 6.45) is 0.583. The maximum Gasteiger partial charge on any atom is 0.407 e. The number of ether oxygens (including phenoxy) is 1. The lowest BCUT2D eigenvalue weighted by Crippen LogP contribution is -2.60. The van der Waals surface area contributed by atoms with Crippen LogP contribution in [0, 0.1) is 22.0 Å². The molecule has 0 bridgehead atoms. The molecule has 4 heterocycles. The van der Waals surface area contributed by atoms with E-state index in [0.29, 0.717) is 24.3 Å². The summed E-state index contributed by atoms with van der Waals surface area (Å²) in [5, 5.41) is 15.2. The Hall–Kier alpha value is -4.90. The van der Waals surface area contributed by atoms with Crippen LogP contribution in [0.25, 0.3) is 16.7 Å². The summed E-state index contributed by atoms with van der Waals surface area (Å²) >= 11 is 0. The van der Waals surface area contributed by atoms with Gasteiger partial charge in [0.15, 0.2) is 11.8 Å². The van der Waals surface area contributed by atoms with Crippen molar-refractivity contribution in [2.24, 2.45) is 7.05 Å². The first-order chi connectivity index (χ1) is 20.8. The molecule has 1 amide bonds. The van der Waals surface area contributed by atoms with Crippen molar-refractivity contribution in [1.29, 1.82) is 0 Å². The summed E-state index contributed by atoms with van der Waals surface area (Å²) < 4.78 is 7.79. The molecule has 44 heavy (non-hydrogen) atoms. The fourth-order valence-electron chi connectivity index (χ4n) is 5.95. The Morgan fingerprint density at radius 3 is 2.64 bits per heavy atom. The number of rotatable bonds is 5. The second-order valence-electron chi connectivity index (χ2n) is 11.9. The molecule has 2 aliphatic rings. The summed E-state index contributed by atoms with van der Waals surface area (Å²) in [7, 11) is 3.39. The largest absolute Gasteiger partial charge is 0.444 e. The number of alkyl carbamates (subject to hydrolysis) is 1. The molecule has 2 aliphatic heterocycles. The number of likely N-dealkylation sites (tertiary alicyclic amines) is 1. The van der Waals surface area contributed by atoms with E-state index in [9.17, 15) is 24.5 Å². The van der Waals surface area contributed by atoms with Crippen molar-refractivity contribution in [3.8, 4) is 17.7 Å². The molecule has 14 nitrogen and oxygen atoms in total. The van der Waals surface area contributed by atoms with Gasteiger partial charge in [-0.05, 0) is 52.7 Å². The summed E-state index contributed by atoms with van der Waals surface area (Å²) in [6, 6.07) is 7.48. The third kappa shape index (κ3) is 5.58. The number of nitro benzene ring substituents is 1. The topological polar surface area (TPSA) is 148 Å². The minimum Gasteiger partial charge on any atom is -0.444 e. The number of nitrogens with one attached hydrogen (secondary N) is 1. The van der Waals surface area contributed by atoms with Gasteiger partial charge in [-0.15, -0.1) is 5.92 Å². The number of amides is 1. The molecule has 0 aliphatic carbocycles. The molecule has 2 atom stereocenters. The Bertz CT molecular complexity index is 1810. The third-order valence-electron chi connectivity index (χ3n) is 7.70. The standard InChI is InChI=1S/C30H36N8O6/c1-7-8-17-36-24-25(33(5)28(36)35-16-10-12-20(18-35)31-27(40)44-30(2,3)4)34(6)29(41)37(26(24)39)22-15-14-19-11-9-13-21(38(42)43)23(19)32-22/h9,11,13-15,20,28H,10,12,16-18H2,1-6H3,(H,31,40)/t20-,28?/m1/s1. The first kappa shape index (κ1) is 30.6. The van der Waals surface area contributed by atoms with Crippen LogP contribution in [0.5, 0.6) is 0 Å². The van der Waals surface area contributed by atoms with Gasteiger partial charge in [-0.2, -0.15) is 0 Å². The van der Waals surface area contributed by atoms with Crippen molar-refractivity contribution in [1.82, 2.24) is 24.3 Å². The van der Waals surface area contributed by atoms with Crippen LogP contribution < -0.4 is 26.4 Å². The van der Waals surface area contributed by atoms with Gasteiger partial charge >= 0.3 is 11.8 Å². The number of non-ortho nitro benzene ring substituents is 1. The minimum atomic E-state index is -0.642. The molecule has 1 N–H and O–H groups in total. The fraction of sp³-hybridized carbons (Fsp3) is 0.467. The molecule has 0 saturated carbocycles. The Morgan fingerprint density at radius 1 is 1.20 bits per heavy atom. The summed E-state index contributed by atoms with van der Waals surface area (Å²) in [6.45, 7) is 8.50. The van der Waals surface area contributed by atoms with Gasteiger partial charge in [-0.1, -0.05) is 18.1 Å². The zero-order valence-corrected chi connectivity index (χ0v) is 25.7. The van der Waals surface area contributed by atoms with Crippen molar-refractivity contribution >= 4 is 34.2 Å². The molecular weight excluding hydrogens is 568 g/mol. The number of benzene rings is 1. The second-order valence-corrected chi connectivity index (χ2v) is 11.9. The van der Waals surface area contributed by atoms with E-state index in [-0.39, 0.29) is 35.3 Å². The van der Waals surface area contributed by atoms with Crippen LogP contribution in [0.3, 0.4) is 0 Å². The first-order valence-electron chi connectivity index (χ1n) is 14.4. The van der Waals surface area contributed by atoms with Gasteiger partial charge in [0.05, 0.1) is 11.5 Å². The molecule has 5 rings (SSSR count). The molecule has 14 heteroatoms. The number of nitro groups is 1. The number of carbonyl (C=O) groups excluding carboxylic acids is 1. The number of anilines is 2. The molecule has 3 aromatic rings. The minimum absolute atomic E-state index is 0.0209. The smallest absolute Gasteiger partial charge is 0.407 e. The zero-order valence-electron chi connectivity index (χ0n) is 25.7. The number of pyridine rings is 1. The Kier molecular flexibility index (Phi) is 8.09. The molecule has 1 unspecified atom stereocenters. The van der Waals surface area contributed by atoms with E-state index in [1.807, 2.05) is 37.6 Å². The number of piperidine rings is 1. The van der Waals surface area contributed by atoms with Crippen LogP contribution >= 0.6 is 0 Å². The Morgan fingerprint density at radius 2 is 1.95 bits per heavy atom. The SMILES string of the molecule is CC#CCN1c2c(n(C)c(=O)n(-c3ccc4cccc([N+](=O)[O-])c4n3)c2=O)N(C)C1N1CCC[C@@H](NC(=O)OC(C)(C)C)C1. The normalized spacial score (nSPS) is 18.5. The fourth-order valence-corrected chi connectivity index (χ4v) is 5.95. The van der Waals surface area contributed by atoms with Gasteiger partial charge in [0.1, 0.15) is 22.9 Å². The highest BCUT2D eigenvalue weighted by Crippen LogP contribution is 2.37. The van der Waals surface area contributed by atoms with E-state index in [1.54, 1.807) is 32.2 Å². The lowest BCUT2D eigenvalue weighted by molar-refractivity contribution is -0.383. The highest BCUT2D eigenvalue weighted by atomic mass is 16.6. The van der Waals surface area contributed by atoms with Crippen LogP contribution in [0.4, 0.5) is 22.0 Å². The van der Waals surface area contributed by atoms with E-state index in [0.717, 1.165) is 17.4 Å². The summed E-state index contributed by atoms with van der Waals surface area (Å²) in [5.41, 5.74) is -1.78. The number of aromatic nitrogens is 3. The van der Waals surface area contributed by atoms with Crippen LogP contribution in [-0.4, -0.2) is 74.6 Å².